The molecule has 0 aliphatic carbocycles. The minimum Gasteiger partial charge on any atom is -0.393 e. The molecule has 0 spiro atoms. The van der Waals surface area contributed by atoms with Crippen LogP contribution in [0, 0.1) is 0 Å². The van der Waals surface area contributed by atoms with Crippen molar-refractivity contribution < 1.29 is 40.1 Å². The summed E-state index contributed by atoms with van der Waals surface area (Å²) in [6, 6.07) is 0. The van der Waals surface area contributed by atoms with Gasteiger partial charge < -0.3 is 43.9 Å². The number of aliphatic hydroxyl groups is 2. The molecule has 6 atom stereocenters. The number of likely N-dealkylation sites (tertiary alicyclic amines) is 4. The predicted octanol–water partition coefficient (Wildman–Crippen LogP) is 2.43. The van der Waals surface area contributed by atoms with Crippen molar-refractivity contribution in [2.45, 2.75) is 109 Å². The summed E-state index contributed by atoms with van der Waals surface area (Å²) in [7, 11) is 14.8. The summed E-state index contributed by atoms with van der Waals surface area (Å²) >= 11 is 0. The molecule has 0 bridgehead atoms. The lowest BCUT2D eigenvalue weighted by Crippen LogP contribution is -2.31. The first kappa shape index (κ1) is 45.9. The van der Waals surface area contributed by atoms with E-state index in [9.17, 15) is 19.8 Å². The van der Waals surface area contributed by atoms with Crippen LogP contribution in [-0.4, -0.2) is 187 Å². The molecule has 282 valence electrons. The number of likely N-dealkylation sites (N-methyl/N-ethyl adjacent to an activating group) is 4. The maximum absolute atomic E-state index is 11.1. The van der Waals surface area contributed by atoms with E-state index in [1.165, 1.54) is 0 Å². The molecule has 4 rings (SSSR count). The zero-order valence-corrected chi connectivity index (χ0v) is 30.6. The SMILES string of the molecule is C.COC1CC(=O)CCN(C)C1.COC1CC(O)CCN(C)C1.COC1CCC(=O)CN(C)C1.COC1CCC(O)CN(C)C1.[2H]CC. The van der Waals surface area contributed by atoms with Gasteiger partial charge in [-0.1, -0.05) is 21.3 Å². The third kappa shape index (κ3) is 23.9. The van der Waals surface area contributed by atoms with Crippen LogP contribution >= 0.6 is 0 Å². The molecule has 0 radical (unpaired) electrons. The van der Waals surface area contributed by atoms with Crippen LogP contribution in [0.2, 0.25) is 0 Å². The van der Waals surface area contributed by atoms with Gasteiger partial charge in [-0.25, -0.2) is 0 Å². The second-order valence-corrected chi connectivity index (χ2v) is 12.9. The standard InChI is InChI=1S/C8H17NO2.C8H15NO2.C8H17NO2.C8H15NO2.C2H6.CH4/c2*1-9-4-3-7(10)5-8(6-9)11-2;2*1-9-5-7(10)3-4-8(6-9)11-2;1-2;/h7-8,10H,3-6H2,1-2H3;8H,3-6H2,1-2H3;7-8,10H,3-6H2,1-2H3;8H,3-6H2,1-2H3;1-2H3;1H4/i;;;;1D;. The number of ether oxygens (including phenoxy) is 4. The third-order valence-electron chi connectivity index (χ3n) is 8.54. The minimum absolute atomic E-state index is 0. The smallest absolute Gasteiger partial charge is 0.146 e. The fraction of sp³-hybridized carbons (Fsp3) is 0.943. The van der Waals surface area contributed by atoms with Crippen molar-refractivity contribution in [1.82, 2.24) is 19.6 Å². The van der Waals surface area contributed by atoms with Crippen LogP contribution in [0.1, 0.15) is 74.0 Å². The molecule has 2 N–H and O–H groups in total. The number of rotatable bonds is 4. The Labute approximate surface area is 289 Å². The summed E-state index contributed by atoms with van der Waals surface area (Å²) in [6.07, 6.45) is 6.81. The maximum atomic E-state index is 11.1. The Morgan fingerprint density at radius 1 is 0.617 bits per heavy atom. The topological polar surface area (TPSA) is 124 Å². The summed E-state index contributed by atoms with van der Waals surface area (Å²) in [4.78, 5) is 30.6. The fourth-order valence-electron chi connectivity index (χ4n) is 5.74. The molecule has 0 aromatic rings. The molecule has 4 aliphatic rings. The molecule has 47 heavy (non-hydrogen) atoms. The predicted molar refractivity (Wildman–Crippen MR) is 190 cm³/mol. The average molecular weight is 680 g/mol. The summed E-state index contributed by atoms with van der Waals surface area (Å²) in [5, 5.41) is 18.8. The first-order chi connectivity index (χ1) is 22.3. The first-order valence-electron chi connectivity index (χ1n) is 17.5. The number of nitrogens with zero attached hydrogens (tertiary/aromatic N) is 4. The lowest BCUT2D eigenvalue weighted by molar-refractivity contribution is -0.121. The van der Waals surface area contributed by atoms with Gasteiger partial charge in [-0.2, -0.15) is 0 Å². The van der Waals surface area contributed by atoms with E-state index >= 15 is 0 Å². The maximum Gasteiger partial charge on any atom is 0.146 e. The van der Waals surface area contributed by atoms with Crippen molar-refractivity contribution in [1.29, 1.82) is 0 Å². The van der Waals surface area contributed by atoms with E-state index < -0.39 is 0 Å². The Morgan fingerprint density at radius 3 is 1.72 bits per heavy atom. The Morgan fingerprint density at radius 2 is 1.13 bits per heavy atom. The number of hydrogen-bond donors (Lipinski definition) is 2. The molecule has 12 nitrogen and oxygen atoms in total. The molecular weight excluding hydrogens is 604 g/mol. The largest absolute Gasteiger partial charge is 0.393 e. The monoisotopic (exact) mass is 680 g/mol. The van der Waals surface area contributed by atoms with Gasteiger partial charge in [0.15, 0.2) is 0 Å². The van der Waals surface area contributed by atoms with Gasteiger partial charge in [0.1, 0.15) is 11.6 Å². The highest BCUT2D eigenvalue weighted by atomic mass is 16.5. The van der Waals surface area contributed by atoms with Gasteiger partial charge in [0, 0.05) is 101 Å². The number of hydrogen-bond acceptors (Lipinski definition) is 12. The van der Waals surface area contributed by atoms with Crippen LogP contribution in [-0.2, 0) is 28.5 Å². The van der Waals surface area contributed by atoms with E-state index in [1.54, 1.807) is 35.4 Å². The zero-order valence-electron chi connectivity index (χ0n) is 31.6. The second kappa shape index (κ2) is 28.7. The van der Waals surface area contributed by atoms with Crippen molar-refractivity contribution in [3.63, 3.8) is 0 Å². The van der Waals surface area contributed by atoms with E-state index in [2.05, 4.69) is 21.7 Å². The average Bonchev–Trinajstić information content (AvgIpc) is 3.46. The van der Waals surface area contributed by atoms with Crippen LogP contribution in [0.25, 0.3) is 0 Å². The van der Waals surface area contributed by atoms with E-state index in [0.717, 1.165) is 77.9 Å². The zero-order chi connectivity index (χ0) is 35.8. The Balaban J connectivity index is 0. The van der Waals surface area contributed by atoms with Gasteiger partial charge in [-0.05, 0) is 53.9 Å². The van der Waals surface area contributed by atoms with Crippen molar-refractivity contribution >= 4 is 11.6 Å². The molecule has 0 aromatic carbocycles. The molecular formula is C35H74N4O8. The van der Waals surface area contributed by atoms with Gasteiger partial charge in [-0.15, -0.1) is 0 Å². The van der Waals surface area contributed by atoms with Crippen LogP contribution < -0.4 is 0 Å². The number of ketones is 2. The first-order valence-corrected chi connectivity index (χ1v) is 16.8. The highest BCUT2D eigenvalue weighted by molar-refractivity contribution is 5.80. The highest BCUT2D eigenvalue weighted by Gasteiger charge is 2.22. The van der Waals surface area contributed by atoms with Crippen LogP contribution in [0.4, 0.5) is 0 Å². The molecule has 4 saturated heterocycles. The Hall–Kier alpha value is -1.06. The number of carbonyl (C=O) groups excluding carboxylic acids is 2. The molecule has 4 heterocycles. The number of Topliss-reactive ketones (excluding diaryl/α,β-unsaturated/α-hetero) is 2. The summed E-state index contributed by atoms with van der Waals surface area (Å²) in [6.45, 7) is 9.13. The van der Waals surface area contributed by atoms with Crippen molar-refractivity contribution in [2.24, 2.45) is 0 Å². The second-order valence-electron chi connectivity index (χ2n) is 12.9. The number of carbonyl (C=O) groups is 2. The van der Waals surface area contributed by atoms with Gasteiger partial charge in [0.25, 0.3) is 0 Å². The Bertz CT molecular complexity index is 790. The van der Waals surface area contributed by atoms with Gasteiger partial charge in [0.05, 0.1) is 43.2 Å². The summed E-state index contributed by atoms with van der Waals surface area (Å²) < 4.78 is 27.0. The molecule has 12 heteroatoms. The quantitative estimate of drug-likeness (QED) is 0.454. The van der Waals surface area contributed by atoms with Crippen molar-refractivity contribution in [2.75, 3.05) is 109 Å². The van der Waals surface area contributed by atoms with Gasteiger partial charge in [0.2, 0.25) is 0 Å². The van der Waals surface area contributed by atoms with Crippen LogP contribution in [0.15, 0.2) is 0 Å². The summed E-state index contributed by atoms with van der Waals surface area (Å²) in [5.74, 6) is 0.647. The normalized spacial score (nSPS) is 30.2. The van der Waals surface area contributed by atoms with E-state index in [-0.39, 0.29) is 37.9 Å². The van der Waals surface area contributed by atoms with Crippen molar-refractivity contribution in [3.05, 3.63) is 0 Å². The minimum atomic E-state index is -0.176. The molecule has 0 aromatic heterocycles. The molecule has 4 fully saturated rings. The lowest BCUT2D eigenvalue weighted by Gasteiger charge is -2.18. The molecule has 6 unspecified atom stereocenters. The molecule has 4 aliphatic heterocycles. The highest BCUT2D eigenvalue weighted by Crippen LogP contribution is 2.13. The molecule has 0 saturated carbocycles. The number of methoxy groups -OCH3 is 4. The van der Waals surface area contributed by atoms with Gasteiger partial charge in [-0.3, -0.25) is 14.5 Å². The summed E-state index contributed by atoms with van der Waals surface area (Å²) in [5.41, 5.74) is 0. The molecule has 0 amide bonds. The lowest BCUT2D eigenvalue weighted by atomic mass is 10.1. The number of β-amino-alcohol motifs (C(OH)–C–C–N with tert-alkyl or cyclic N) is 1. The van der Waals surface area contributed by atoms with E-state index in [1.807, 2.05) is 26.0 Å². The van der Waals surface area contributed by atoms with Crippen LogP contribution in [0.3, 0.4) is 0 Å². The third-order valence-corrected chi connectivity index (χ3v) is 8.54. The van der Waals surface area contributed by atoms with Gasteiger partial charge >= 0.3 is 0 Å². The van der Waals surface area contributed by atoms with E-state index in [4.69, 9.17) is 20.3 Å². The van der Waals surface area contributed by atoms with E-state index in [0.29, 0.717) is 50.4 Å². The Kier molecular flexibility index (Phi) is 28.1. The van der Waals surface area contributed by atoms with Crippen molar-refractivity contribution in [3.8, 4) is 0 Å². The number of aliphatic hydroxyl groups excluding tert-OH is 2. The fourth-order valence-corrected chi connectivity index (χ4v) is 5.74. The van der Waals surface area contributed by atoms with Crippen LogP contribution in [0.5, 0.6) is 0 Å².